The molecule has 3 rings (SSSR count). The van der Waals surface area contributed by atoms with Crippen molar-refractivity contribution in [1.29, 1.82) is 0 Å². The Morgan fingerprint density at radius 3 is 3.20 bits per heavy atom. The summed E-state index contributed by atoms with van der Waals surface area (Å²) in [6, 6.07) is 3.57. The minimum Gasteiger partial charge on any atom is -0.488 e. The molecule has 4 nitrogen and oxygen atoms in total. The molecule has 0 bridgehead atoms. The summed E-state index contributed by atoms with van der Waals surface area (Å²) >= 11 is 0. The van der Waals surface area contributed by atoms with Crippen molar-refractivity contribution in [2.45, 2.75) is 13.3 Å². The van der Waals surface area contributed by atoms with Crippen molar-refractivity contribution in [2.75, 3.05) is 6.61 Å². The molecule has 0 aliphatic carbocycles. The van der Waals surface area contributed by atoms with Gasteiger partial charge in [0.05, 0.1) is 23.6 Å². The van der Waals surface area contributed by atoms with Crippen LogP contribution < -0.4 is 9.47 Å². The second kappa shape index (κ2) is 5.25. The summed E-state index contributed by atoms with van der Waals surface area (Å²) < 4.78 is 16.5. The van der Waals surface area contributed by atoms with Gasteiger partial charge in [-0.3, -0.25) is 4.79 Å². The van der Waals surface area contributed by atoms with Crippen LogP contribution in [0.25, 0.3) is 17.0 Å². The first-order valence-corrected chi connectivity index (χ1v) is 6.45. The highest BCUT2D eigenvalue weighted by Crippen LogP contribution is 2.39. The van der Waals surface area contributed by atoms with Crippen LogP contribution in [0.4, 0.5) is 0 Å². The molecule has 1 aromatic heterocycles. The number of ether oxygens (including phenoxy) is 2. The quantitative estimate of drug-likeness (QED) is 0.484. The van der Waals surface area contributed by atoms with Gasteiger partial charge < -0.3 is 13.9 Å². The van der Waals surface area contributed by atoms with E-state index in [1.807, 2.05) is 31.2 Å². The van der Waals surface area contributed by atoms with Gasteiger partial charge in [-0.1, -0.05) is 24.3 Å². The van der Waals surface area contributed by atoms with Crippen LogP contribution in [-0.2, 0) is 4.79 Å². The number of rotatable bonds is 3. The van der Waals surface area contributed by atoms with Gasteiger partial charge in [0, 0.05) is 6.07 Å². The second-order valence-electron chi connectivity index (χ2n) is 4.41. The average molecular weight is 270 g/mol. The Balaban J connectivity index is 2.15. The molecule has 2 heterocycles. The van der Waals surface area contributed by atoms with E-state index in [9.17, 15) is 4.79 Å². The van der Waals surface area contributed by atoms with Crippen molar-refractivity contribution in [3.05, 3.63) is 42.2 Å². The summed E-state index contributed by atoms with van der Waals surface area (Å²) in [5.41, 5.74) is 1.41. The largest absolute Gasteiger partial charge is 0.488 e. The number of hydrogen-bond acceptors (Lipinski definition) is 4. The normalized spacial score (nSPS) is 14.3. The molecule has 2 aromatic rings. The van der Waals surface area contributed by atoms with Crippen molar-refractivity contribution < 1.29 is 18.7 Å². The Morgan fingerprint density at radius 1 is 1.45 bits per heavy atom. The number of allylic oxidation sites excluding steroid dienone is 1. The van der Waals surface area contributed by atoms with Crippen molar-refractivity contribution in [1.82, 2.24) is 0 Å². The highest BCUT2D eigenvalue weighted by Gasteiger charge is 2.19. The zero-order valence-corrected chi connectivity index (χ0v) is 11.1. The number of fused-ring (bicyclic) bond motifs is 2. The van der Waals surface area contributed by atoms with Crippen LogP contribution in [0.5, 0.6) is 11.5 Å². The molecule has 0 fully saturated rings. The third-order valence-electron chi connectivity index (χ3n) is 3.06. The lowest BCUT2D eigenvalue weighted by atomic mass is 10.1. The fourth-order valence-corrected chi connectivity index (χ4v) is 2.14. The number of hydrogen-bond donors (Lipinski definition) is 0. The van der Waals surface area contributed by atoms with E-state index in [0.29, 0.717) is 23.7 Å². The maximum absolute atomic E-state index is 11.5. The topological polar surface area (TPSA) is 48.7 Å². The number of carbonyl (C=O) groups excluding carboxylic acids is 1. The van der Waals surface area contributed by atoms with E-state index in [-0.39, 0.29) is 12.4 Å². The van der Waals surface area contributed by atoms with E-state index in [1.54, 1.807) is 18.4 Å². The fraction of sp³-hybridized carbons (Fsp3) is 0.188. The number of esters is 1. The van der Waals surface area contributed by atoms with Gasteiger partial charge in [0.2, 0.25) is 0 Å². The summed E-state index contributed by atoms with van der Waals surface area (Å²) in [4.78, 5) is 11.5. The molecule has 4 heteroatoms. The molecule has 20 heavy (non-hydrogen) atoms. The zero-order chi connectivity index (χ0) is 13.9. The number of benzene rings is 1. The molecular weight excluding hydrogens is 256 g/mol. The first-order valence-electron chi connectivity index (χ1n) is 6.45. The molecule has 1 aliphatic heterocycles. The highest BCUT2D eigenvalue weighted by molar-refractivity contribution is 5.93. The van der Waals surface area contributed by atoms with Gasteiger partial charge in [0.15, 0.2) is 0 Å². The van der Waals surface area contributed by atoms with Crippen molar-refractivity contribution >= 4 is 23.0 Å². The Bertz CT molecular complexity index is 707. The Morgan fingerprint density at radius 2 is 2.35 bits per heavy atom. The lowest BCUT2D eigenvalue weighted by molar-refractivity contribution is -0.133. The van der Waals surface area contributed by atoms with Gasteiger partial charge >= 0.3 is 5.97 Å². The summed E-state index contributed by atoms with van der Waals surface area (Å²) in [6.45, 7) is 2.39. The molecular formula is C16H14O4. The van der Waals surface area contributed by atoms with E-state index in [0.717, 1.165) is 10.9 Å². The van der Waals surface area contributed by atoms with Crippen molar-refractivity contribution in [3.8, 4) is 11.5 Å². The van der Waals surface area contributed by atoms with E-state index in [4.69, 9.17) is 13.9 Å². The molecule has 0 atom stereocenters. The first-order chi connectivity index (χ1) is 9.79. The van der Waals surface area contributed by atoms with Crippen LogP contribution in [0.3, 0.4) is 0 Å². The van der Waals surface area contributed by atoms with Gasteiger partial charge in [-0.25, -0.2) is 0 Å². The Labute approximate surface area is 116 Å². The SMILES string of the molecule is C/C=C\COc1c2c(cc3occc13)OC(=O)CC=C2. The maximum atomic E-state index is 11.5. The summed E-state index contributed by atoms with van der Waals surface area (Å²) in [7, 11) is 0. The number of carbonyl (C=O) groups is 1. The average Bonchev–Trinajstić information content (AvgIpc) is 2.80. The molecule has 0 N–H and O–H groups in total. The highest BCUT2D eigenvalue weighted by atomic mass is 16.5. The maximum Gasteiger partial charge on any atom is 0.315 e. The lowest BCUT2D eigenvalue weighted by Crippen LogP contribution is -2.06. The third kappa shape index (κ3) is 2.20. The van der Waals surface area contributed by atoms with E-state index >= 15 is 0 Å². The molecule has 1 aromatic carbocycles. The molecule has 0 saturated carbocycles. The zero-order valence-electron chi connectivity index (χ0n) is 11.1. The van der Waals surface area contributed by atoms with Gasteiger partial charge in [-0.15, -0.1) is 0 Å². The summed E-state index contributed by atoms with van der Waals surface area (Å²) in [6.07, 6.45) is 9.32. The fourth-order valence-electron chi connectivity index (χ4n) is 2.14. The molecule has 0 unspecified atom stereocenters. The van der Waals surface area contributed by atoms with E-state index in [1.165, 1.54) is 0 Å². The van der Waals surface area contributed by atoms with E-state index in [2.05, 4.69) is 0 Å². The lowest BCUT2D eigenvalue weighted by Gasteiger charge is -2.12. The summed E-state index contributed by atoms with van der Waals surface area (Å²) in [5, 5.41) is 0.871. The van der Waals surface area contributed by atoms with Crippen LogP contribution in [-0.4, -0.2) is 12.6 Å². The smallest absolute Gasteiger partial charge is 0.315 e. The monoisotopic (exact) mass is 270 g/mol. The Kier molecular flexibility index (Phi) is 3.29. The molecule has 102 valence electrons. The van der Waals surface area contributed by atoms with Crippen LogP contribution >= 0.6 is 0 Å². The van der Waals surface area contributed by atoms with Gasteiger partial charge in [-0.05, 0) is 13.0 Å². The van der Waals surface area contributed by atoms with Crippen LogP contribution in [0.15, 0.2) is 41.0 Å². The second-order valence-corrected chi connectivity index (χ2v) is 4.41. The molecule has 0 radical (unpaired) electrons. The molecule has 0 spiro atoms. The minimum absolute atomic E-state index is 0.254. The van der Waals surface area contributed by atoms with Crippen LogP contribution in [0.2, 0.25) is 0 Å². The summed E-state index contributed by atoms with van der Waals surface area (Å²) in [5.74, 6) is 0.863. The standard InChI is InChI=1S/C16H14O4/c1-2-3-8-19-16-11-5-4-6-15(17)20-14(11)10-13-12(16)7-9-18-13/h2-5,7,9-10H,6,8H2,1H3/b3-2-. The van der Waals surface area contributed by atoms with Gasteiger partial charge in [-0.2, -0.15) is 0 Å². The number of furan rings is 1. The van der Waals surface area contributed by atoms with Crippen LogP contribution in [0, 0.1) is 0 Å². The van der Waals surface area contributed by atoms with Gasteiger partial charge in [0.1, 0.15) is 23.7 Å². The van der Waals surface area contributed by atoms with Gasteiger partial charge in [0.25, 0.3) is 0 Å². The predicted octanol–water partition coefficient (Wildman–Crippen LogP) is 3.71. The third-order valence-corrected chi connectivity index (χ3v) is 3.06. The van der Waals surface area contributed by atoms with E-state index < -0.39 is 0 Å². The van der Waals surface area contributed by atoms with Crippen molar-refractivity contribution in [2.24, 2.45) is 0 Å². The first kappa shape index (κ1) is 12.5. The molecule has 0 saturated heterocycles. The molecule has 0 amide bonds. The Hall–Kier alpha value is -2.49. The van der Waals surface area contributed by atoms with Crippen molar-refractivity contribution in [3.63, 3.8) is 0 Å². The van der Waals surface area contributed by atoms with Crippen LogP contribution in [0.1, 0.15) is 18.9 Å². The minimum atomic E-state index is -0.287. The molecule has 1 aliphatic rings. The predicted molar refractivity (Wildman–Crippen MR) is 75.8 cm³/mol.